The molecule has 0 aliphatic rings. The van der Waals surface area contributed by atoms with Crippen molar-refractivity contribution < 1.29 is 19.1 Å². The highest BCUT2D eigenvalue weighted by molar-refractivity contribution is 5.86. The Bertz CT molecular complexity index is 444. The molecule has 2 amide bonds. The average Bonchev–Trinajstić information content (AvgIpc) is 2.67. The van der Waals surface area contributed by atoms with Crippen LogP contribution in [0.3, 0.4) is 0 Å². The van der Waals surface area contributed by atoms with E-state index in [0.29, 0.717) is 6.42 Å². The van der Waals surface area contributed by atoms with Gasteiger partial charge in [-0.2, -0.15) is 0 Å². The van der Waals surface area contributed by atoms with Gasteiger partial charge in [-0.15, -0.1) is 0 Å². The van der Waals surface area contributed by atoms with Gasteiger partial charge >= 0.3 is 5.97 Å². The van der Waals surface area contributed by atoms with E-state index < -0.39 is 17.9 Å². The summed E-state index contributed by atoms with van der Waals surface area (Å²) in [6, 6.07) is -0.827. The van der Waals surface area contributed by atoms with Crippen molar-refractivity contribution >= 4 is 17.8 Å². The minimum absolute atomic E-state index is 0.139. The second kappa shape index (κ2) is 19.7. The molecule has 0 saturated heterocycles. The normalized spacial score (nSPS) is 11.9. The van der Waals surface area contributed by atoms with E-state index in [-0.39, 0.29) is 25.5 Å². The summed E-state index contributed by atoms with van der Waals surface area (Å²) in [4.78, 5) is 33.7. The molecular weight excluding hydrogens is 370 g/mol. The van der Waals surface area contributed by atoms with Gasteiger partial charge in [-0.3, -0.25) is 14.4 Å². The van der Waals surface area contributed by atoms with Crippen molar-refractivity contribution in [1.82, 2.24) is 5.32 Å². The molecule has 0 aromatic heterocycles. The quantitative estimate of drug-likeness (QED) is 0.197. The first-order valence-electron chi connectivity index (χ1n) is 11.4. The first-order valence-corrected chi connectivity index (χ1v) is 11.4. The lowest BCUT2D eigenvalue weighted by atomic mass is 10.0. The number of hydrogen-bond donors (Lipinski definition) is 3. The summed E-state index contributed by atoms with van der Waals surface area (Å²) in [6.45, 7) is 2.64. The standard InChI is InChI=1S/C22H43N3O4/c1-2-3-4-5-6-7-8-9-10-11-12-13-14-15-21(27)29-17-16-25-19(22(24)28)18-20(23)26/h19,25H,2-18H2,1H3,(H2,23,26)(H2,24,28). The highest BCUT2D eigenvalue weighted by atomic mass is 16.5. The monoisotopic (exact) mass is 413 g/mol. The predicted octanol–water partition coefficient (Wildman–Crippen LogP) is 3.33. The molecule has 170 valence electrons. The zero-order valence-electron chi connectivity index (χ0n) is 18.4. The van der Waals surface area contributed by atoms with Crippen LogP contribution in [0.5, 0.6) is 0 Å². The molecule has 5 N–H and O–H groups in total. The van der Waals surface area contributed by atoms with E-state index in [4.69, 9.17) is 16.2 Å². The molecule has 0 saturated carbocycles. The van der Waals surface area contributed by atoms with Crippen molar-refractivity contribution in [1.29, 1.82) is 0 Å². The van der Waals surface area contributed by atoms with Crippen LogP contribution < -0.4 is 16.8 Å². The first kappa shape index (κ1) is 27.4. The number of amides is 2. The molecule has 0 aromatic carbocycles. The lowest BCUT2D eigenvalue weighted by Crippen LogP contribution is -2.45. The number of nitrogens with one attached hydrogen (secondary N) is 1. The number of primary amides is 2. The Kier molecular flexibility index (Phi) is 18.6. The van der Waals surface area contributed by atoms with Crippen LogP contribution >= 0.6 is 0 Å². The van der Waals surface area contributed by atoms with Crippen LogP contribution in [0.25, 0.3) is 0 Å². The van der Waals surface area contributed by atoms with Gasteiger partial charge < -0.3 is 21.5 Å². The topological polar surface area (TPSA) is 125 Å². The van der Waals surface area contributed by atoms with Gasteiger partial charge in [0.25, 0.3) is 0 Å². The van der Waals surface area contributed by atoms with Crippen molar-refractivity contribution in [3.05, 3.63) is 0 Å². The molecule has 0 radical (unpaired) electrons. The van der Waals surface area contributed by atoms with E-state index in [0.717, 1.165) is 12.8 Å². The molecule has 1 atom stereocenters. The van der Waals surface area contributed by atoms with E-state index in [1.807, 2.05) is 0 Å². The first-order chi connectivity index (χ1) is 14.0. The van der Waals surface area contributed by atoms with Gasteiger partial charge in [-0.1, -0.05) is 84.0 Å². The zero-order valence-corrected chi connectivity index (χ0v) is 18.4. The fourth-order valence-corrected chi connectivity index (χ4v) is 3.23. The van der Waals surface area contributed by atoms with Crippen LogP contribution in [0, 0.1) is 0 Å². The Labute approximate surface area is 176 Å². The maximum absolute atomic E-state index is 11.7. The number of nitrogens with two attached hydrogens (primary N) is 2. The van der Waals surface area contributed by atoms with Crippen molar-refractivity contribution in [2.24, 2.45) is 11.5 Å². The zero-order chi connectivity index (χ0) is 21.7. The van der Waals surface area contributed by atoms with Crippen molar-refractivity contribution in [2.45, 2.75) is 109 Å². The summed E-state index contributed by atoms with van der Waals surface area (Å²) >= 11 is 0. The molecule has 0 fully saturated rings. The molecule has 0 rings (SSSR count). The van der Waals surface area contributed by atoms with Crippen molar-refractivity contribution in [3.63, 3.8) is 0 Å². The van der Waals surface area contributed by atoms with Crippen LogP contribution in [0.2, 0.25) is 0 Å². The van der Waals surface area contributed by atoms with Crippen LogP contribution in [-0.2, 0) is 19.1 Å². The summed E-state index contributed by atoms with van der Waals surface area (Å²) in [5.41, 5.74) is 10.2. The van der Waals surface area contributed by atoms with E-state index in [9.17, 15) is 14.4 Å². The van der Waals surface area contributed by atoms with Crippen LogP contribution in [-0.4, -0.2) is 37.0 Å². The SMILES string of the molecule is CCCCCCCCCCCCCCCC(=O)OCCNC(CC(N)=O)C(N)=O. The Morgan fingerprint density at radius 3 is 1.72 bits per heavy atom. The highest BCUT2D eigenvalue weighted by Crippen LogP contribution is 2.13. The molecule has 0 heterocycles. The molecule has 0 aliphatic carbocycles. The molecule has 0 aromatic rings. The summed E-state index contributed by atoms with van der Waals surface area (Å²) in [5.74, 6) is -1.50. The van der Waals surface area contributed by atoms with Gasteiger partial charge in [-0.25, -0.2) is 0 Å². The molecule has 1 unspecified atom stereocenters. The molecule has 0 aliphatic heterocycles. The molecule has 7 nitrogen and oxygen atoms in total. The number of hydrogen-bond acceptors (Lipinski definition) is 5. The summed E-state index contributed by atoms with van der Waals surface area (Å²) in [5, 5.41) is 2.77. The van der Waals surface area contributed by atoms with E-state index in [1.54, 1.807) is 0 Å². The number of carbonyl (C=O) groups excluding carboxylic acids is 3. The molecular formula is C22H43N3O4. The summed E-state index contributed by atoms with van der Waals surface area (Å²) < 4.78 is 5.11. The van der Waals surface area contributed by atoms with Gasteiger partial charge in [0.2, 0.25) is 11.8 Å². The smallest absolute Gasteiger partial charge is 0.305 e. The lowest BCUT2D eigenvalue weighted by molar-refractivity contribution is -0.143. The van der Waals surface area contributed by atoms with Gasteiger partial charge in [-0.05, 0) is 6.42 Å². The van der Waals surface area contributed by atoms with Crippen LogP contribution in [0.4, 0.5) is 0 Å². The summed E-state index contributed by atoms with van der Waals surface area (Å²) in [6.07, 6.45) is 16.7. The number of rotatable bonds is 21. The molecule has 0 bridgehead atoms. The number of ether oxygens (including phenoxy) is 1. The average molecular weight is 414 g/mol. The van der Waals surface area contributed by atoms with Crippen LogP contribution in [0.1, 0.15) is 103 Å². The number of unbranched alkanes of at least 4 members (excludes halogenated alkanes) is 12. The van der Waals surface area contributed by atoms with Crippen LogP contribution in [0.15, 0.2) is 0 Å². The Hall–Kier alpha value is -1.63. The van der Waals surface area contributed by atoms with Crippen molar-refractivity contribution in [3.8, 4) is 0 Å². The minimum Gasteiger partial charge on any atom is -0.464 e. The molecule has 7 heteroatoms. The number of esters is 1. The number of carbonyl (C=O) groups is 3. The second-order valence-corrected chi connectivity index (χ2v) is 7.79. The third-order valence-corrected chi connectivity index (χ3v) is 4.99. The highest BCUT2D eigenvalue weighted by Gasteiger charge is 2.17. The fourth-order valence-electron chi connectivity index (χ4n) is 3.23. The Morgan fingerprint density at radius 2 is 1.28 bits per heavy atom. The Morgan fingerprint density at radius 1 is 0.793 bits per heavy atom. The van der Waals surface area contributed by atoms with Gasteiger partial charge in [0.05, 0.1) is 12.5 Å². The molecule has 0 spiro atoms. The maximum atomic E-state index is 11.7. The van der Waals surface area contributed by atoms with E-state index >= 15 is 0 Å². The lowest BCUT2D eigenvalue weighted by Gasteiger charge is -2.13. The van der Waals surface area contributed by atoms with Gasteiger partial charge in [0.1, 0.15) is 6.61 Å². The predicted molar refractivity (Wildman–Crippen MR) is 116 cm³/mol. The third kappa shape index (κ3) is 19.5. The molecule has 29 heavy (non-hydrogen) atoms. The Balaban J connectivity index is 3.41. The fraction of sp³-hybridized carbons (Fsp3) is 0.864. The largest absolute Gasteiger partial charge is 0.464 e. The minimum atomic E-state index is -0.827. The van der Waals surface area contributed by atoms with E-state index in [2.05, 4.69) is 12.2 Å². The van der Waals surface area contributed by atoms with Gasteiger partial charge in [0, 0.05) is 13.0 Å². The third-order valence-electron chi connectivity index (χ3n) is 4.99. The maximum Gasteiger partial charge on any atom is 0.305 e. The second-order valence-electron chi connectivity index (χ2n) is 7.79. The van der Waals surface area contributed by atoms with E-state index in [1.165, 1.54) is 70.6 Å². The van der Waals surface area contributed by atoms with Gasteiger partial charge in [0.15, 0.2) is 0 Å². The summed E-state index contributed by atoms with van der Waals surface area (Å²) in [7, 11) is 0. The van der Waals surface area contributed by atoms with Crippen molar-refractivity contribution in [2.75, 3.05) is 13.2 Å².